The van der Waals surface area contributed by atoms with Gasteiger partial charge in [0.1, 0.15) is 6.61 Å². The van der Waals surface area contributed by atoms with E-state index in [-0.39, 0.29) is 6.61 Å². The molecule has 5 heteroatoms. The van der Waals surface area contributed by atoms with Gasteiger partial charge in [-0.05, 0) is 55.0 Å². The summed E-state index contributed by atoms with van der Waals surface area (Å²) in [4.78, 5) is 12.1. The second-order valence-corrected chi connectivity index (χ2v) is 5.32. The van der Waals surface area contributed by atoms with Crippen molar-refractivity contribution in [2.45, 2.75) is 13.5 Å². The maximum atomic E-state index is 12.1. The minimum absolute atomic E-state index is 0.133. The third-order valence-corrected chi connectivity index (χ3v) is 3.61. The van der Waals surface area contributed by atoms with Gasteiger partial charge < -0.3 is 4.74 Å². The predicted octanol–water partition coefficient (Wildman–Crippen LogP) is 3.41. The Bertz CT molecular complexity index is 905. The first kappa shape index (κ1) is 15.5. The van der Waals surface area contributed by atoms with E-state index >= 15 is 0 Å². The summed E-state index contributed by atoms with van der Waals surface area (Å²) in [6.45, 7) is 2.10. The molecule has 0 N–H and O–H groups in total. The summed E-state index contributed by atoms with van der Waals surface area (Å²) in [6.07, 6.45) is 1.73. The molecule has 0 amide bonds. The molecule has 2 aromatic carbocycles. The highest BCUT2D eigenvalue weighted by Crippen LogP contribution is 2.13. The monoisotopic (exact) mass is 317 g/mol. The Morgan fingerprint density at radius 1 is 1.21 bits per heavy atom. The molecule has 1 aromatic heterocycles. The van der Waals surface area contributed by atoms with E-state index in [1.54, 1.807) is 41.2 Å². The lowest BCUT2D eigenvalue weighted by atomic mass is 10.1. The summed E-state index contributed by atoms with van der Waals surface area (Å²) in [7, 11) is 0. The number of aromatic nitrogens is 2. The van der Waals surface area contributed by atoms with Crippen molar-refractivity contribution in [3.05, 3.63) is 83.2 Å². The van der Waals surface area contributed by atoms with Crippen LogP contribution in [0.15, 0.2) is 60.8 Å². The van der Waals surface area contributed by atoms with Crippen LogP contribution in [0.2, 0.25) is 0 Å². The normalized spacial score (nSPS) is 10.2. The number of benzene rings is 2. The van der Waals surface area contributed by atoms with E-state index in [0.717, 1.165) is 16.9 Å². The second kappa shape index (κ2) is 6.80. The number of aryl methyl sites for hydroxylation is 1. The number of rotatable bonds is 4. The number of hydrogen-bond acceptors (Lipinski definition) is 4. The van der Waals surface area contributed by atoms with Crippen LogP contribution in [0.5, 0.6) is 0 Å². The van der Waals surface area contributed by atoms with E-state index in [1.165, 1.54) is 0 Å². The third-order valence-electron chi connectivity index (χ3n) is 3.61. The van der Waals surface area contributed by atoms with E-state index in [0.29, 0.717) is 11.1 Å². The number of ether oxygens (including phenoxy) is 1. The average molecular weight is 317 g/mol. The van der Waals surface area contributed by atoms with Gasteiger partial charge in [-0.25, -0.2) is 9.48 Å². The Morgan fingerprint density at radius 3 is 2.67 bits per heavy atom. The zero-order valence-corrected chi connectivity index (χ0v) is 13.1. The number of carbonyl (C=O) groups is 1. The lowest BCUT2D eigenvalue weighted by molar-refractivity contribution is 0.0472. The molecule has 0 spiro atoms. The Morgan fingerprint density at radius 2 is 2.00 bits per heavy atom. The molecule has 0 fully saturated rings. The molecule has 0 saturated heterocycles. The van der Waals surface area contributed by atoms with E-state index in [9.17, 15) is 4.79 Å². The Kier molecular flexibility index (Phi) is 4.39. The number of hydrogen-bond donors (Lipinski definition) is 0. The molecule has 0 saturated carbocycles. The molecule has 0 unspecified atom stereocenters. The Balaban J connectivity index is 1.67. The topological polar surface area (TPSA) is 67.9 Å². The van der Waals surface area contributed by atoms with Crippen molar-refractivity contribution in [1.82, 2.24) is 9.78 Å². The van der Waals surface area contributed by atoms with Crippen LogP contribution in [-0.4, -0.2) is 15.7 Å². The standard InChI is InChI=1S/C19H15N3O2/c1-14-9-10-21-22(14)18-7-5-17(6-8-18)19(23)24-13-16-4-2-3-15(11-16)12-20/h2-11H,13H2,1H3. The van der Waals surface area contributed by atoms with Crippen molar-refractivity contribution in [2.24, 2.45) is 0 Å². The highest BCUT2D eigenvalue weighted by Gasteiger charge is 2.09. The molecule has 1 heterocycles. The molecule has 5 nitrogen and oxygen atoms in total. The van der Waals surface area contributed by atoms with Crippen molar-refractivity contribution >= 4 is 5.97 Å². The molecule has 3 rings (SSSR count). The minimum Gasteiger partial charge on any atom is -0.457 e. The summed E-state index contributed by atoms with van der Waals surface area (Å²) in [5, 5.41) is 13.1. The molecule has 0 radical (unpaired) electrons. The summed E-state index contributed by atoms with van der Waals surface area (Å²) >= 11 is 0. The van der Waals surface area contributed by atoms with Crippen LogP contribution >= 0.6 is 0 Å². The van der Waals surface area contributed by atoms with E-state index in [2.05, 4.69) is 11.2 Å². The molecule has 0 aliphatic rings. The van der Waals surface area contributed by atoms with E-state index < -0.39 is 5.97 Å². The van der Waals surface area contributed by atoms with Gasteiger partial charge in [-0.2, -0.15) is 10.4 Å². The van der Waals surface area contributed by atoms with Crippen LogP contribution in [0.4, 0.5) is 0 Å². The van der Waals surface area contributed by atoms with Crippen molar-refractivity contribution in [2.75, 3.05) is 0 Å². The van der Waals surface area contributed by atoms with Crippen molar-refractivity contribution in [3.63, 3.8) is 0 Å². The van der Waals surface area contributed by atoms with Gasteiger partial charge in [0.2, 0.25) is 0 Å². The van der Waals surface area contributed by atoms with Gasteiger partial charge in [0.25, 0.3) is 0 Å². The van der Waals surface area contributed by atoms with Crippen LogP contribution in [0.1, 0.15) is 27.2 Å². The van der Waals surface area contributed by atoms with Gasteiger partial charge in [-0.1, -0.05) is 12.1 Å². The molecule has 0 aliphatic carbocycles. The maximum Gasteiger partial charge on any atom is 0.338 e. The second-order valence-electron chi connectivity index (χ2n) is 5.32. The molecular formula is C19H15N3O2. The SMILES string of the molecule is Cc1ccnn1-c1ccc(C(=O)OCc2cccc(C#N)c2)cc1. The van der Waals surface area contributed by atoms with Crippen molar-refractivity contribution in [1.29, 1.82) is 5.26 Å². The van der Waals surface area contributed by atoms with Crippen LogP contribution in [0, 0.1) is 18.3 Å². The molecule has 0 bridgehead atoms. The highest BCUT2D eigenvalue weighted by atomic mass is 16.5. The Hall–Kier alpha value is -3.39. The lowest BCUT2D eigenvalue weighted by Gasteiger charge is -2.07. The summed E-state index contributed by atoms with van der Waals surface area (Å²) in [6, 6.07) is 18.1. The first-order valence-corrected chi connectivity index (χ1v) is 7.44. The third kappa shape index (κ3) is 3.33. The average Bonchev–Trinajstić information content (AvgIpc) is 3.06. The van der Waals surface area contributed by atoms with Crippen LogP contribution in [0.25, 0.3) is 5.69 Å². The van der Waals surface area contributed by atoms with Crippen LogP contribution < -0.4 is 0 Å². The lowest BCUT2D eigenvalue weighted by Crippen LogP contribution is -2.06. The zero-order chi connectivity index (χ0) is 16.9. The van der Waals surface area contributed by atoms with Gasteiger partial charge >= 0.3 is 5.97 Å². The van der Waals surface area contributed by atoms with Gasteiger partial charge in [-0.15, -0.1) is 0 Å². The van der Waals surface area contributed by atoms with Crippen LogP contribution in [-0.2, 0) is 11.3 Å². The van der Waals surface area contributed by atoms with Gasteiger partial charge in [0, 0.05) is 11.9 Å². The summed E-state index contributed by atoms with van der Waals surface area (Å²) in [5.74, 6) is -0.402. The maximum absolute atomic E-state index is 12.1. The number of carbonyl (C=O) groups excluding carboxylic acids is 1. The van der Waals surface area contributed by atoms with Crippen LogP contribution in [0.3, 0.4) is 0 Å². The minimum atomic E-state index is -0.402. The molecular weight excluding hydrogens is 302 g/mol. The van der Waals surface area contributed by atoms with Crippen molar-refractivity contribution < 1.29 is 9.53 Å². The summed E-state index contributed by atoms with van der Waals surface area (Å²) < 4.78 is 7.09. The van der Waals surface area contributed by atoms with Gasteiger partial charge in [0.05, 0.1) is 22.9 Å². The Labute approximate surface area is 139 Å². The number of esters is 1. The predicted molar refractivity (Wildman–Crippen MR) is 88.6 cm³/mol. The van der Waals surface area contributed by atoms with E-state index in [4.69, 9.17) is 10.00 Å². The molecule has 24 heavy (non-hydrogen) atoms. The quantitative estimate of drug-likeness (QED) is 0.692. The first-order chi connectivity index (χ1) is 11.7. The summed E-state index contributed by atoms with van der Waals surface area (Å²) in [5.41, 5.74) is 3.70. The molecule has 3 aromatic rings. The van der Waals surface area contributed by atoms with Gasteiger partial charge in [-0.3, -0.25) is 0 Å². The zero-order valence-electron chi connectivity index (χ0n) is 13.1. The highest BCUT2D eigenvalue weighted by molar-refractivity contribution is 5.89. The number of nitrogens with zero attached hydrogens (tertiary/aromatic N) is 3. The van der Waals surface area contributed by atoms with E-state index in [1.807, 2.05) is 31.2 Å². The fourth-order valence-electron chi connectivity index (χ4n) is 2.34. The smallest absolute Gasteiger partial charge is 0.338 e. The van der Waals surface area contributed by atoms with Crippen molar-refractivity contribution in [3.8, 4) is 11.8 Å². The fraction of sp³-hybridized carbons (Fsp3) is 0.105. The number of nitriles is 1. The molecule has 118 valence electrons. The largest absolute Gasteiger partial charge is 0.457 e. The first-order valence-electron chi connectivity index (χ1n) is 7.44. The molecule has 0 aliphatic heterocycles. The van der Waals surface area contributed by atoms with Gasteiger partial charge in [0.15, 0.2) is 0 Å². The fourth-order valence-corrected chi connectivity index (χ4v) is 2.34. The molecule has 0 atom stereocenters.